The summed E-state index contributed by atoms with van der Waals surface area (Å²) >= 11 is 0. The van der Waals surface area contributed by atoms with E-state index in [1.165, 1.54) is 7.11 Å². The molecule has 0 spiro atoms. The van der Waals surface area contributed by atoms with Gasteiger partial charge in [0, 0.05) is 45.4 Å². The van der Waals surface area contributed by atoms with Crippen molar-refractivity contribution in [1.29, 1.82) is 0 Å². The number of rotatable bonds is 4. The van der Waals surface area contributed by atoms with Crippen molar-refractivity contribution in [2.45, 2.75) is 23.8 Å². The number of benzene rings is 1. The van der Waals surface area contributed by atoms with Crippen LogP contribution in [0, 0.1) is 0 Å². The molecule has 0 N–H and O–H groups in total. The second kappa shape index (κ2) is 7.17. The van der Waals surface area contributed by atoms with Gasteiger partial charge in [-0.2, -0.15) is 4.31 Å². The van der Waals surface area contributed by atoms with E-state index < -0.39 is 10.0 Å². The van der Waals surface area contributed by atoms with Crippen LogP contribution in [-0.4, -0.2) is 70.2 Å². The summed E-state index contributed by atoms with van der Waals surface area (Å²) in [7, 11) is -2.00. The maximum absolute atomic E-state index is 12.9. The molecular formula is C16H24N2O4S. The van der Waals surface area contributed by atoms with Gasteiger partial charge in [-0.3, -0.25) is 4.90 Å². The Morgan fingerprint density at radius 2 is 1.74 bits per heavy atom. The van der Waals surface area contributed by atoms with Crippen LogP contribution in [-0.2, 0) is 14.8 Å². The molecular weight excluding hydrogens is 316 g/mol. The summed E-state index contributed by atoms with van der Waals surface area (Å²) < 4.78 is 37.9. The number of ether oxygens (including phenoxy) is 2. The fourth-order valence-electron chi connectivity index (χ4n) is 3.33. The van der Waals surface area contributed by atoms with E-state index in [9.17, 15) is 8.42 Å². The highest BCUT2D eigenvalue weighted by atomic mass is 32.2. The lowest BCUT2D eigenvalue weighted by molar-refractivity contribution is 0.0229. The van der Waals surface area contributed by atoms with E-state index in [0.717, 1.165) is 39.1 Å². The van der Waals surface area contributed by atoms with Gasteiger partial charge in [-0.25, -0.2) is 8.42 Å². The summed E-state index contributed by atoms with van der Waals surface area (Å²) in [5.74, 6) is 0.402. The number of methoxy groups -OCH3 is 1. The molecule has 1 aromatic carbocycles. The first kappa shape index (κ1) is 16.7. The van der Waals surface area contributed by atoms with E-state index in [1.54, 1.807) is 28.6 Å². The maximum Gasteiger partial charge on any atom is 0.246 e. The number of nitrogens with zero attached hydrogens (tertiary/aromatic N) is 2. The molecule has 2 aliphatic heterocycles. The van der Waals surface area contributed by atoms with Gasteiger partial charge in [-0.05, 0) is 25.0 Å². The quantitative estimate of drug-likeness (QED) is 0.824. The Morgan fingerprint density at radius 1 is 1.09 bits per heavy atom. The van der Waals surface area contributed by atoms with Crippen molar-refractivity contribution in [2.75, 3.05) is 46.5 Å². The van der Waals surface area contributed by atoms with Crippen LogP contribution in [0.1, 0.15) is 12.8 Å². The zero-order valence-corrected chi connectivity index (χ0v) is 14.3. The van der Waals surface area contributed by atoms with Gasteiger partial charge in [0.25, 0.3) is 0 Å². The topological polar surface area (TPSA) is 59.1 Å². The van der Waals surface area contributed by atoms with E-state index in [-0.39, 0.29) is 4.90 Å². The monoisotopic (exact) mass is 340 g/mol. The van der Waals surface area contributed by atoms with Gasteiger partial charge in [-0.1, -0.05) is 12.1 Å². The highest BCUT2D eigenvalue weighted by Crippen LogP contribution is 2.27. The van der Waals surface area contributed by atoms with Gasteiger partial charge in [0.1, 0.15) is 10.6 Å². The highest BCUT2D eigenvalue weighted by molar-refractivity contribution is 7.89. The van der Waals surface area contributed by atoms with Gasteiger partial charge in [0.15, 0.2) is 0 Å². The summed E-state index contributed by atoms with van der Waals surface area (Å²) in [6.45, 7) is 4.22. The molecule has 0 amide bonds. The lowest BCUT2D eigenvalue weighted by atomic mass is 10.1. The molecule has 0 atom stereocenters. The molecule has 0 saturated carbocycles. The Morgan fingerprint density at radius 3 is 2.39 bits per heavy atom. The molecule has 2 heterocycles. The summed E-state index contributed by atoms with van der Waals surface area (Å²) in [6, 6.07) is 7.33. The number of hydrogen-bond acceptors (Lipinski definition) is 5. The van der Waals surface area contributed by atoms with Crippen molar-refractivity contribution >= 4 is 10.0 Å². The molecule has 1 aromatic rings. The fourth-order valence-corrected chi connectivity index (χ4v) is 4.91. The number of piperazine rings is 1. The predicted molar refractivity (Wildman–Crippen MR) is 87.2 cm³/mol. The van der Waals surface area contributed by atoms with Crippen LogP contribution in [0.15, 0.2) is 29.2 Å². The van der Waals surface area contributed by atoms with Crippen molar-refractivity contribution in [3.8, 4) is 5.75 Å². The predicted octanol–water partition coefficient (Wildman–Crippen LogP) is 1.18. The van der Waals surface area contributed by atoms with Gasteiger partial charge < -0.3 is 9.47 Å². The molecule has 128 valence electrons. The Balaban J connectivity index is 1.68. The van der Waals surface area contributed by atoms with E-state index in [1.807, 2.05) is 0 Å². The lowest BCUT2D eigenvalue weighted by Gasteiger charge is -2.40. The maximum atomic E-state index is 12.9. The number of hydrogen-bond donors (Lipinski definition) is 0. The number of sulfonamides is 1. The smallest absolute Gasteiger partial charge is 0.246 e. The minimum absolute atomic E-state index is 0.252. The third-order valence-corrected chi connectivity index (χ3v) is 6.61. The van der Waals surface area contributed by atoms with Crippen molar-refractivity contribution in [3.05, 3.63) is 24.3 Å². The van der Waals surface area contributed by atoms with Crippen molar-refractivity contribution in [1.82, 2.24) is 9.21 Å². The average molecular weight is 340 g/mol. The van der Waals surface area contributed by atoms with Crippen LogP contribution >= 0.6 is 0 Å². The average Bonchev–Trinajstić information content (AvgIpc) is 2.62. The molecule has 3 rings (SSSR count). The third-order valence-electron chi connectivity index (χ3n) is 4.67. The summed E-state index contributed by atoms with van der Waals surface area (Å²) in [4.78, 5) is 2.65. The first-order valence-corrected chi connectivity index (χ1v) is 9.52. The van der Waals surface area contributed by atoms with E-state index in [4.69, 9.17) is 9.47 Å². The van der Waals surface area contributed by atoms with E-state index >= 15 is 0 Å². The molecule has 0 unspecified atom stereocenters. The molecule has 0 aromatic heterocycles. The van der Waals surface area contributed by atoms with Crippen molar-refractivity contribution in [2.24, 2.45) is 0 Å². The molecule has 2 aliphatic rings. The standard InChI is InChI=1S/C16H24N2O4S/c1-21-15-4-2-3-5-16(15)23(19,20)18-10-8-17(9-11-18)14-6-12-22-13-7-14/h2-5,14H,6-13H2,1H3. The first-order chi connectivity index (χ1) is 11.1. The Kier molecular flexibility index (Phi) is 5.21. The van der Waals surface area contributed by atoms with Gasteiger partial charge in [0.05, 0.1) is 7.11 Å². The lowest BCUT2D eigenvalue weighted by Crippen LogP contribution is -2.52. The van der Waals surface area contributed by atoms with Gasteiger partial charge >= 0.3 is 0 Å². The minimum Gasteiger partial charge on any atom is -0.495 e. The second-order valence-electron chi connectivity index (χ2n) is 5.93. The highest BCUT2D eigenvalue weighted by Gasteiger charge is 2.32. The normalized spacial score (nSPS) is 22.1. The minimum atomic E-state index is -3.50. The number of para-hydroxylation sites is 1. The summed E-state index contributed by atoms with van der Waals surface area (Å²) in [5, 5.41) is 0. The molecule has 0 bridgehead atoms. The van der Waals surface area contributed by atoms with Crippen molar-refractivity contribution in [3.63, 3.8) is 0 Å². The zero-order valence-electron chi connectivity index (χ0n) is 13.5. The fraction of sp³-hybridized carbons (Fsp3) is 0.625. The Bertz CT molecular complexity index is 621. The van der Waals surface area contributed by atoms with Crippen LogP contribution in [0.5, 0.6) is 5.75 Å². The van der Waals surface area contributed by atoms with E-state index in [2.05, 4.69) is 4.90 Å². The van der Waals surface area contributed by atoms with Crippen molar-refractivity contribution < 1.29 is 17.9 Å². The Hall–Kier alpha value is -1.15. The van der Waals surface area contributed by atoms with Crippen LogP contribution in [0.4, 0.5) is 0 Å². The van der Waals surface area contributed by atoms with E-state index in [0.29, 0.717) is 24.9 Å². The molecule has 6 nitrogen and oxygen atoms in total. The summed E-state index contributed by atoms with van der Waals surface area (Å²) in [6.07, 6.45) is 2.08. The molecule has 23 heavy (non-hydrogen) atoms. The van der Waals surface area contributed by atoms with Crippen LogP contribution in [0.25, 0.3) is 0 Å². The molecule has 0 aliphatic carbocycles. The SMILES string of the molecule is COc1ccccc1S(=O)(=O)N1CCN(C2CCOCC2)CC1. The molecule has 0 radical (unpaired) electrons. The first-order valence-electron chi connectivity index (χ1n) is 8.08. The third kappa shape index (κ3) is 3.52. The van der Waals surface area contributed by atoms with Gasteiger partial charge in [0.2, 0.25) is 10.0 Å². The zero-order chi connectivity index (χ0) is 16.3. The van der Waals surface area contributed by atoms with Crippen LogP contribution < -0.4 is 4.74 Å². The molecule has 7 heteroatoms. The molecule has 2 saturated heterocycles. The molecule has 2 fully saturated rings. The largest absolute Gasteiger partial charge is 0.495 e. The summed E-state index contributed by atoms with van der Waals surface area (Å²) in [5.41, 5.74) is 0. The Labute approximate surface area is 138 Å². The second-order valence-corrected chi connectivity index (χ2v) is 7.84. The van der Waals surface area contributed by atoms with Gasteiger partial charge in [-0.15, -0.1) is 0 Å². The van der Waals surface area contributed by atoms with Crippen LogP contribution in [0.3, 0.4) is 0 Å². The van der Waals surface area contributed by atoms with Crippen LogP contribution in [0.2, 0.25) is 0 Å².